The number of carbonyl (C=O) groups is 1. The summed E-state index contributed by atoms with van der Waals surface area (Å²) in [5, 5.41) is 2.86. The van der Waals surface area contributed by atoms with Gasteiger partial charge in [0, 0.05) is 5.25 Å². The van der Waals surface area contributed by atoms with Gasteiger partial charge in [0.1, 0.15) is 6.10 Å². The van der Waals surface area contributed by atoms with E-state index in [-0.39, 0.29) is 17.0 Å². The highest BCUT2D eigenvalue weighted by molar-refractivity contribution is 8.20. The number of ether oxygens (including phenoxy) is 1. The zero-order chi connectivity index (χ0) is 12.4. The molecule has 3 atom stereocenters. The van der Waals surface area contributed by atoms with Gasteiger partial charge in [0.25, 0.3) is 6.47 Å². The molecule has 1 aliphatic carbocycles. The van der Waals surface area contributed by atoms with Crippen molar-refractivity contribution >= 4 is 23.4 Å². The standard InChI is InChI=1S/C15H18O2S/c16-11-17-13-6-2-4-8-15(13)18-10-9-12-5-1-3-7-14(12)18/h1,3,5,7,9-11,13,15,18H,2,4,6,8H2. The average Bonchev–Trinajstić information content (AvgIpc) is 2.84. The van der Waals surface area contributed by atoms with Crippen LogP contribution in [0.5, 0.6) is 0 Å². The van der Waals surface area contributed by atoms with Crippen LogP contribution < -0.4 is 0 Å². The van der Waals surface area contributed by atoms with Crippen molar-refractivity contribution in [3.05, 3.63) is 35.2 Å². The van der Waals surface area contributed by atoms with E-state index in [1.54, 1.807) is 0 Å². The predicted octanol–water partition coefficient (Wildman–Crippen LogP) is 3.52. The summed E-state index contributed by atoms with van der Waals surface area (Å²) in [4.78, 5) is 12.1. The maximum absolute atomic E-state index is 10.6. The molecular formula is C15H18O2S. The third-order valence-electron chi connectivity index (χ3n) is 3.88. The SMILES string of the molecule is O=COC1CCCCC1[SH]1C=Cc2ccccc21. The Labute approximate surface area is 110 Å². The zero-order valence-electron chi connectivity index (χ0n) is 10.3. The second kappa shape index (κ2) is 5.19. The van der Waals surface area contributed by atoms with Crippen molar-refractivity contribution in [2.75, 3.05) is 0 Å². The maximum atomic E-state index is 10.6. The van der Waals surface area contributed by atoms with Crippen molar-refractivity contribution in [1.82, 2.24) is 0 Å². The molecule has 3 rings (SSSR count). The fourth-order valence-corrected chi connectivity index (χ4v) is 5.82. The van der Waals surface area contributed by atoms with Crippen LogP contribution in [0, 0.1) is 0 Å². The highest BCUT2D eigenvalue weighted by atomic mass is 32.2. The fraction of sp³-hybridized carbons (Fsp3) is 0.400. The molecule has 2 nitrogen and oxygen atoms in total. The highest BCUT2D eigenvalue weighted by Gasteiger charge is 2.32. The van der Waals surface area contributed by atoms with E-state index in [1.807, 2.05) is 0 Å². The van der Waals surface area contributed by atoms with Crippen molar-refractivity contribution < 1.29 is 9.53 Å². The zero-order valence-corrected chi connectivity index (χ0v) is 11.2. The number of hydrogen-bond donors (Lipinski definition) is 1. The molecule has 18 heavy (non-hydrogen) atoms. The summed E-state index contributed by atoms with van der Waals surface area (Å²) in [6.07, 6.45) is 7.01. The van der Waals surface area contributed by atoms with E-state index in [0.29, 0.717) is 11.7 Å². The summed E-state index contributed by atoms with van der Waals surface area (Å²) >= 11 is 0. The lowest BCUT2D eigenvalue weighted by molar-refractivity contribution is -0.134. The number of benzene rings is 1. The van der Waals surface area contributed by atoms with Gasteiger partial charge in [-0.05, 0) is 47.3 Å². The lowest BCUT2D eigenvalue weighted by atomic mass is 9.97. The summed E-state index contributed by atoms with van der Waals surface area (Å²) in [7, 11) is -0.294. The van der Waals surface area contributed by atoms with Gasteiger partial charge in [-0.3, -0.25) is 4.79 Å². The van der Waals surface area contributed by atoms with E-state index in [0.717, 1.165) is 6.42 Å². The van der Waals surface area contributed by atoms with Crippen LogP contribution in [0.15, 0.2) is 34.6 Å². The largest absolute Gasteiger partial charge is 0.463 e. The molecule has 3 heteroatoms. The van der Waals surface area contributed by atoms with Gasteiger partial charge >= 0.3 is 0 Å². The van der Waals surface area contributed by atoms with Gasteiger partial charge in [0.15, 0.2) is 0 Å². The third kappa shape index (κ3) is 2.07. The molecule has 1 fully saturated rings. The first kappa shape index (κ1) is 11.8. The van der Waals surface area contributed by atoms with Gasteiger partial charge in [-0.1, -0.05) is 24.6 Å². The Morgan fingerprint density at radius 1 is 1.22 bits per heavy atom. The van der Waals surface area contributed by atoms with E-state index in [4.69, 9.17) is 4.74 Å². The van der Waals surface area contributed by atoms with Gasteiger partial charge in [-0.2, -0.15) is 10.9 Å². The molecule has 1 aliphatic heterocycles. The van der Waals surface area contributed by atoms with E-state index in [9.17, 15) is 4.79 Å². The Hall–Kier alpha value is -1.22. The van der Waals surface area contributed by atoms with Crippen LogP contribution in [-0.2, 0) is 9.53 Å². The van der Waals surface area contributed by atoms with Gasteiger partial charge < -0.3 is 4.74 Å². The third-order valence-corrected chi connectivity index (χ3v) is 6.62. The van der Waals surface area contributed by atoms with Crippen LogP contribution in [0.3, 0.4) is 0 Å². The molecule has 1 saturated carbocycles. The van der Waals surface area contributed by atoms with Gasteiger partial charge in [0.2, 0.25) is 0 Å². The molecule has 3 unspecified atom stereocenters. The van der Waals surface area contributed by atoms with Crippen molar-refractivity contribution in [1.29, 1.82) is 0 Å². The van der Waals surface area contributed by atoms with Crippen LogP contribution >= 0.6 is 10.9 Å². The van der Waals surface area contributed by atoms with E-state index >= 15 is 0 Å². The highest BCUT2D eigenvalue weighted by Crippen LogP contribution is 2.53. The van der Waals surface area contributed by atoms with Gasteiger partial charge in [-0.15, -0.1) is 0 Å². The predicted molar refractivity (Wildman–Crippen MR) is 75.9 cm³/mol. The molecule has 2 aliphatic rings. The molecule has 0 N–H and O–H groups in total. The number of rotatable bonds is 3. The minimum atomic E-state index is -0.294. The van der Waals surface area contributed by atoms with Crippen LogP contribution in [0.4, 0.5) is 0 Å². The molecule has 0 bridgehead atoms. The first-order valence-electron chi connectivity index (χ1n) is 6.55. The average molecular weight is 262 g/mol. The summed E-state index contributed by atoms with van der Waals surface area (Å²) in [5.74, 6) is 0. The van der Waals surface area contributed by atoms with Gasteiger partial charge in [0.05, 0.1) is 0 Å². The minimum absolute atomic E-state index is 0.123. The Kier molecular flexibility index (Phi) is 3.41. The molecule has 1 aromatic carbocycles. The molecule has 0 radical (unpaired) electrons. The number of fused-ring (bicyclic) bond motifs is 1. The fourth-order valence-electron chi connectivity index (χ4n) is 3.02. The molecule has 0 saturated heterocycles. The van der Waals surface area contributed by atoms with Crippen LogP contribution in [-0.4, -0.2) is 17.8 Å². The monoisotopic (exact) mass is 262 g/mol. The molecule has 0 aromatic heterocycles. The number of thiol groups is 1. The lowest BCUT2D eigenvalue weighted by Crippen LogP contribution is -2.31. The summed E-state index contributed by atoms with van der Waals surface area (Å²) in [6, 6.07) is 8.60. The molecule has 96 valence electrons. The molecule has 1 aromatic rings. The molecule has 1 heterocycles. The Balaban J connectivity index is 1.86. The quantitative estimate of drug-likeness (QED) is 0.666. The van der Waals surface area contributed by atoms with E-state index in [1.165, 1.54) is 29.7 Å². The second-order valence-corrected chi connectivity index (χ2v) is 7.16. The Morgan fingerprint density at radius 2 is 2.06 bits per heavy atom. The van der Waals surface area contributed by atoms with Crippen LogP contribution in [0.1, 0.15) is 31.2 Å². The molecular weight excluding hydrogens is 244 g/mol. The number of carbonyl (C=O) groups excluding carboxylic acids is 1. The first-order chi connectivity index (χ1) is 8.90. The molecule has 0 amide bonds. The van der Waals surface area contributed by atoms with E-state index in [2.05, 4.69) is 35.7 Å². The smallest absolute Gasteiger partial charge is 0.293 e. The summed E-state index contributed by atoms with van der Waals surface area (Å²) in [5.41, 5.74) is 1.35. The van der Waals surface area contributed by atoms with Crippen molar-refractivity contribution in [3.63, 3.8) is 0 Å². The topological polar surface area (TPSA) is 26.3 Å². The van der Waals surface area contributed by atoms with Crippen molar-refractivity contribution in [2.45, 2.75) is 41.9 Å². The van der Waals surface area contributed by atoms with E-state index < -0.39 is 0 Å². The second-order valence-electron chi connectivity index (χ2n) is 4.90. The Bertz CT molecular complexity index is 469. The van der Waals surface area contributed by atoms with Crippen LogP contribution in [0.25, 0.3) is 6.08 Å². The normalized spacial score (nSPS) is 31.9. The maximum Gasteiger partial charge on any atom is 0.293 e. The number of hydrogen-bond acceptors (Lipinski definition) is 2. The summed E-state index contributed by atoms with van der Waals surface area (Å²) < 4.78 is 5.32. The van der Waals surface area contributed by atoms with Crippen molar-refractivity contribution in [3.8, 4) is 0 Å². The van der Waals surface area contributed by atoms with Crippen molar-refractivity contribution in [2.24, 2.45) is 0 Å². The minimum Gasteiger partial charge on any atom is -0.463 e. The first-order valence-corrected chi connectivity index (χ1v) is 8.03. The Morgan fingerprint density at radius 3 is 2.94 bits per heavy atom. The molecule has 0 spiro atoms. The van der Waals surface area contributed by atoms with Crippen LogP contribution in [0.2, 0.25) is 0 Å². The lowest BCUT2D eigenvalue weighted by Gasteiger charge is -2.36. The summed E-state index contributed by atoms with van der Waals surface area (Å²) in [6.45, 7) is 0.629. The van der Waals surface area contributed by atoms with Gasteiger partial charge in [-0.25, -0.2) is 0 Å².